The van der Waals surface area contributed by atoms with Gasteiger partial charge in [0.05, 0.1) is 0 Å². The number of benzene rings is 1. The molecule has 1 aromatic carbocycles. The van der Waals surface area contributed by atoms with Gasteiger partial charge in [-0.05, 0) is 37.7 Å². The highest BCUT2D eigenvalue weighted by molar-refractivity contribution is 5.39. The van der Waals surface area contributed by atoms with Gasteiger partial charge < -0.3 is 10.5 Å². The quantitative estimate of drug-likeness (QED) is 0.832. The molecule has 104 valence electrons. The number of hydrogen-bond acceptors (Lipinski definition) is 2. The second kappa shape index (κ2) is 4.78. The smallest absolute Gasteiger partial charge is 0.127 e. The van der Waals surface area contributed by atoms with Crippen molar-refractivity contribution in [3.63, 3.8) is 0 Å². The maximum atomic E-state index is 13.4. The molecule has 0 radical (unpaired) electrons. The number of halogens is 1. The summed E-state index contributed by atoms with van der Waals surface area (Å²) in [6.07, 6.45) is 6.61. The van der Waals surface area contributed by atoms with Crippen LogP contribution in [-0.4, -0.2) is 5.60 Å². The van der Waals surface area contributed by atoms with Gasteiger partial charge in [-0.1, -0.05) is 19.4 Å². The number of fused-ring (bicyclic) bond motifs is 1. The zero-order chi connectivity index (χ0) is 13.5. The van der Waals surface area contributed by atoms with E-state index >= 15 is 0 Å². The van der Waals surface area contributed by atoms with E-state index in [1.54, 1.807) is 6.07 Å². The monoisotopic (exact) mass is 263 g/mol. The Hall–Kier alpha value is -1.09. The third-order valence-corrected chi connectivity index (χ3v) is 4.89. The maximum absolute atomic E-state index is 13.4. The summed E-state index contributed by atoms with van der Waals surface area (Å²) < 4.78 is 19.6. The van der Waals surface area contributed by atoms with Gasteiger partial charge in [0.15, 0.2) is 0 Å². The van der Waals surface area contributed by atoms with Crippen LogP contribution < -0.4 is 10.5 Å². The molecule has 1 saturated carbocycles. The van der Waals surface area contributed by atoms with Crippen LogP contribution in [0.15, 0.2) is 18.2 Å². The average Bonchev–Trinajstić information content (AvgIpc) is 2.39. The van der Waals surface area contributed by atoms with Crippen LogP contribution in [0.4, 0.5) is 4.39 Å². The minimum absolute atomic E-state index is 0.0254. The van der Waals surface area contributed by atoms with Gasteiger partial charge in [0.1, 0.15) is 17.2 Å². The molecule has 3 heteroatoms. The fourth-order valence-electron chi connectivity index (χ4n) is 3.61. The second-order valence-electron chi connectivity index (χ2n) is 6.13. The molecular weight excluding hydrogens is 241 g/mol. The first-order chi connectivity index (χ1) is 9.12. The van der Waals surface area contributed by atoms with E-state index in [4.69, 9.17) is 10.5 Å². The molecule has 3 rings (SSSR count). The van der Waals surface area contributed by atoms with Gasteiger partial charge in [-0.2, -0.15) is 0 Å². The topological polar surface area (TPSA) is 35.2 Å². The van der Waals surface area contributed by atoms with E-state index in [2.05, 4.69) is 6.92 Å². The first kappa shape index (κ1) is 12.9. The highest BCUT2D eigenvalue weighted by Gasteiger charge is 2.42. The van der Waals surface area contributed by atoms with E-state index in [9.17, 15) is 4.39 Å². The molecule has 0 bridgehead atoms. The molecule has 2 aliphatic rings. The van der Waals surface area contributed by atoms with Crippen molar-refractivity contribution >= 4 is 0 Å². The molecule has 1 spiro atoms. The Morgan fingerprint density at radius 1 is 1.37 bits per heavy atom. The highest BCUT2D eigenvalue weighted by Crippen LogP contribution is 2.46. The number of rotatable bonds is 1. The lowest BCUT2D eigenvalue weighted by Gasteiger charge is -2.45. The molecule has 1 aliphatic heterocycles. The van der Waals surface area contributed by atoms with Crippen LogP contribution in [0.3, 0.4) is 0 Å². The van der Waals surface area contributed by atoms with Gasteiger partial charge >= 0.3 is 0 Å². The summed E-state index contributed by atoms with van der Waals surface area (Å²) in [7, 11) is 0. The fraction of sp³-hybridized carbons (Fsp3) is 0.625. The Bertz CT molecular complexity index is 466. The summed E-state index contributed by atoms with van der Waals surface area (Å²) in [5, 5.41) is 0. The largest absolute Gasteiger partial charge is 0.487 e. The predicted molar refractivity (Wildman–Crippen MR) is 73.6 cm³/mol. The Balaban J connectivity index is 1.84. The summed E-state index contributed by atoms with van der Waals surface area (Å²) in [5.41, 5.74) is 7.07. The molecular formula is C16H22FNO. The molecule has 1 fully saturated rings. The SMILES string of the molecule is CCC1CCC2(CC1)CC(N)c1ccc(F)cc1O2. The van der Waals surface area contributed by atoms with Crippen molar-refractivity contribution in [2.24, 2.45) is 11.7 Å². The van der Waals surface area contributed by atoms with Gasteiger partial charge in [-0.25, -0.2) is 4.39 Å². The Labute approximate surface area is 114 Å². The Kier molecular flexibility index (Phi) is 3.25. The third-order valence-electron chi connectivity index (χ3n) is 4.89. The van der Waals surface area contributed by atoms with Crippen molar-refractivity contribution in [2.45, 2.75) is 57.1 Å². The minimum Gasteiger partial charge on any atom is -0.487 e. The van der Waals surface area contributed by atoms with Crippen molar-refractivity contribution in [2.75, 3.05) is 0 Å². The number of nitrogens with two attached hydrogens (primary N) is 1. The van der Waals surface area contributed by atoms with Crippen LogP contribution in [-0.2, 0) is 0 Å². The summed E-state index contributed by atoms with van der Waals surface area (Å²) in [5.74, 6) is 1.23. The lowest BCUT2D eigenvalue weighted by atomic mass is 9.73. The molecule has 1 aliphatic carbocycles. The van der Waals surface area contributed by atoms with Gasteiger partial charge in [-0.15, -0.1) is 0 Å². The highest BCUT2D eigenvalue weighted by atomic mass is 19.1. The van der Waals surface area contributed by atoms with Gasteiger partial charge in [-0.3, -0.25) is 0 Å². The summed E-state index contributed by atoms with van der Waals surface area (Å²) in [6.45, 7) is 2.25. The van der Waals surface area contributed by atoms with Gasteiger partial charge in [0.25, 0.3) is 0 Å². The molecule has 0 saturated heterocycles. The molecule has 2 N–H and O–H groups in total. The maximum Gasteiger partial charge on any atom is 0.127 e. The fourth-order valence-corrected chi connectivity index (χ4v) is 3.61. The lowest BCUT2D eigenvalue weighted by Crippen LogP contribution is -2.45. The van der Waals surface area contributed by atoms with E-state index in [-0.39, 0.29) is 17.5 Å². The normalized spacial score (nSPS) is 33.8. The van der Waals surface area contributed by atoms with Gasteiger partial charge in [0, 0.05) is 24.1 Å². The predicted octanol–water partition coefficient (Wildman–Crippen LogP) is 3.95. The number of ether oxygens (including phenoxy) is 1. The van der Waals surface area contributed by atoms with Crippen LogP contribution in [0.25, 0.3) is 0 Å². The van der Waals surface area contributed by atoms with E-state index in [1.807, 2.05) is 0 Å². The zero-order valence-electron chi connectivity index (χ0n) is 11.5. The van der Waals surface area contributed by atoms with Crippen molar-refractivity contribution in [3.8, 4) is 5.75 Å². The zero-order valence-corrected chi connectivity index (χ0v) is 11.5. The average molecular weight is 263 g/mol. The van der Waals surface area contributed by atoms with Gasteiger partial charge in [0.2, 0.25) is 0 Å². The van der Waals surface area contributed by atoms with Crippen LogP contribution in [0.1, 0.15) is 57.1 Å². The summed E-state index contributed by atoms with van der Waals surface area (Å²) in [4.78, 5) is 0. The molecule has 0 amide bonds. The van der Waals surface area contributed by atoms with Crippen LogP contribution >= 0.6 is 0 Å². The van der Waals surface area contributed by atoms with Crippen molar-refractivity contribution in [1.82, 2.24) is 0 Å². The van der Waals surface area contributed by atoms with Crippen LogP contribution in [0.5, 0.6) is 5.75 Å². The summed E-state index contributed by atoms with van der Waals surface area (Å²) in [6, 6.07) is 4.69. The van der Waals surface area contributed by atoms with E-state index in [1.165, 1.54) is 31.4 Å². The van der Waals surface area contributed by atoms with Crippen molar-refractivity contribution in [1.29, 1.82) is 0 Å². The minimum atomic E-state index is -0.245. The molecule has 1 atom stereocenters. The second-order valence-corrected chi connectivity index (χ2v) is 6.13. The van der Waals surface area contributed by atoms with Crippen LogP contribution in [0, 0.1) is 11.7 Å². The summed E-state index contributed by atoms with van der Waals surface area (Å²) >= 11 is 0. The molecule has 2 nitrogen and oxygen atoms in total. The molecule has 0 aromatic heterocycles. The van der Waals surface area contributed by atoms with Crippen LogP contribution in [0.2, 0.25) is 0 Å². The molecule has 19 heavy (non-hydrogen) atoms. The Morgan fingerprint density at radius 2 is 2.11 bits per heavy atom. The molecule has 1 heterocycles. The van der Waals surface area contributed by atoms with Crippen molar-refractivity contribution < 1.29 is 9.13 Å². The first-order valence-electron chi connectivity index (χ1n) is 7.36. The molecule has 1 aromatic rings. The molecule has 1 unspecified atom stereocenters. The van der Waals surface area contributed by atoms with E-state index in [0.717, 1.165) is 30.7 Å². The standard InChI is InChI=1S/C16H22FNO/c1-2-11-5-7-16(8-6-11)10-14(18)13-4-3-12(17)9-15(13)19-16/h3-4,9,11,14H,2,5-8,10,18H2,1H3. The Morgan fingerprint density at radius 3 is 2.79 bits per heavy atom. The van der Waals surface area contributed by atoms with E-state index in [0.29, 0.717) is 5.75 Å². The van der Waals surface area contributed by atoms with Crippen molar-refractivity contribution in [3.05, 3.63) is 29.6 Å². The van der Waals surface area contributed by atoms with E-state index < -0.39 is 0 Å². The first-order valence-corrected chi connectivity index (χ1v) is 7.36. The third kappa shape index (κ3) is 2.36. The lowest BCUT2D eigenvalue weighted by molar-refractivity contribution is -0.0112. The number of hydrogen-bond donors (Lipinski definition) is 1.